The minimum atomic E-state index is -0.254. The van der Waals surface area contributed by atoms with Crippen molar-refractivity contribution in [3.63, 3.8) is 0 Å². The lowest BCUT2D eigenvalue weighted by Crippen LogP contribution is -2.48. The molecule has 0 bridgehead atoms. The molecule has 4 aromatic rings. The highest BCUT2D eigenvalue weighted by Gasteiger charge is 2.21. The van der Waals surface area contributed by atoms with Crippen molar-refractivity contribution in [2.45, 2.75) is 19.3 Å². The van der Waals surface area contributed by atoms with Crippen LogP contribution in [0.3, 0.4) is 0 Å². The first kappa shape index (κ1) is 22.2. The summed E-state index contributed by atoms with van der Waals surface area (Å²) < 4.78 is 3.22. The third kappa shape index (κ3) is 4.54. The number of fused-ring (bicyclic) bond motifs is 1. The lowest BCUT2D eigenvalue weighted by atomic mass is 10.2. The van der Waals surface area contributed by atoms with Crippen LogP contribution in [-0.2, 0) is 11.2 Å². The van der Waals surface area contributed by atoms with Crippen LogP contribution < -0.4 is 10.5 Å². The van der Waals surface area contributed by atoms with E-state index in [-0.39, 0.29) is 17.1 Å². The molecule has 0 saturated carbocycles. The molecule has 2 aromatic carbocycles. The zero-order chi connectivity index (χ0) is 23.5. The second kappa shape index (κ2) is 9.69. The topological polar surface area (TPSA) is 75.7 Å². The molecule has 0 N–H and O–H groups in total. The number of hydrogen-bond donors (Lipinski definition) is 0. The van der Waals surface area contributed by atoms with Gasteiger partial charge in [0.05, 0.1) is 0 Å². The van der Waals surface area contributed by atoms with Crippen molar-refractivity contribution < 1.29 is 4.79 Å². The van der Waals surface area contributed by atoms with Crippen LogP contribution in [0.1, 0.15) is 18.7 Å². The Balaban J connectivity index is 1.18. The first-order valence-corrected chi connectivity index (χ1v) is 11.8. The van der Waals surface area contributed by atoms with Gasteiger partial charge in [-0.25, -0.2) is 0 Å². The smallest absolute Gasteiger partial charge is 0.300 e. The van der Waals surface area contributed by atoms with E-state index < -0.39 is 0 Å². The Morgan fingerprint density at radius 3 is 2.35 bits per heavy atom. The molecule has 3 heterocycles. The molecule has 1 aliphatic heterocycles. The van der Waals surface area contributed by atoms with E-state index >= 15 is 0 Å². The van der Waals surface area contributed by atoms with E-state index in [1.165, 1.54) is 10.3 Å². The van der Waals surface area contributed by atoms with Crippen molar-refractivity contribution in [2.75, 3.05) is 31.1 Å². The second-order valence-corrected chi connectivity index (χ2v) is 8.75. The molecular formula is C25H25ClN6O2. The highest BCUT2D eigenvalue weighted by molar-refractivity contribution is 6.30. The maximum atomic E-state index is 12.9. The number of carbonyl (C=O) groups is 1. The summed E-state index contributed by atoms with van der Waals surface area (Å²) in [7, 11) is 0. The van der Waals surface area contributed by atoms with Gasteiger partial charge in [0.25, 0.3) is 0 Å². The Hall–Kier alpha value is -3.65. The van der Waals surface area contributed by atoms with Gasteiger partial charge in [0, 0.05) is 67.8 Å². The number of rotatable bonds is 6. The molecule has 9 heteroatoms. The summed E-state index contributed by atoms with van der Waals surface area (Å²) in [5, 5.41) is 8.91. The normalized spacial score (nSPS) is 14.0. The number of nitrogens with zero attached hydrogens (tertiary/aromatic N) is 6. The largest absolute Gasteiger partial charge is 0.368 e. The minimum Gasteiger partial charge on any atom is -0.368 e. The van der Waals surface area contributed by atoms with Gasteiger partial charge in [0.2, 0.25) is 11.6 Å². The highest BCUT2D eigenvalue weighted by atomic mass is 35.5. The first-order valence-electron chi connectivity index (χ1n) is 11.4. The van der Waals surface area contributed by atoms with Crippen molar-refractivity contribution in [3.05, 3.63) is 88.2 Å². The molecule has 8 nitrogen and oxygen atoms in total. The summed E-state index contributed by atoms with van der Waals surface area (Å²) in [6.45, 7) is 3.13. The standard InChI is InChI=1S/C25H25ClN6O2/c26-19-9-11-21(12-10-19)31-17-18-32-22(27-28-24(32)25(31)34)7-4-8-23(33)30-15-13-29(14-16-30)20-5-2-1-3-6-20/h1-3,5-6,9-12,17-18H,4,7-8,13-16H2. The number of hydrogen-bond acceptors (Lipinski definition) is 5. The van der Waals surface area contributed by atoms with Crippen molar-refractivity contribution in [1.29, 1.82) is 0 Å². The van der Waals surface area contributed by atoms with E-state index in [0.29, 0.717) is 35.8 Å². The number of piperazine rings is 1. The number of benzene rings is 2. The maximum absolute atomic E-state index is 12.9. The van der Waals surface area contributed by atoms with Gasteiger partial charge in [-0.15, -0.1) is 10.2 Å². The average molecular weight is 477 g/mol. The van der Waals surface area contributed by atoms with E-state index in [2.05, 4.69) is 27.2 Å². The summed E-state index contributed by atoms with van der Waals surface area (Å²) in [4.78, 5) is 29.8. The molecule has 0 unspecified atom stereocenters. The molecule has 5 rings (SSSR count). The van der Waals surface area contributed by atoms with Crippen molar-refractivity contribution in [3.8, 4) is 5.69 Å². The molecule has 0 atom stereocenters. The van der Waals surface area contributed by atoms with Crippen LogP contribution in [0.4, 0.5) is 5.69 Å². The van der Waals surface area contributed by atoms with Gasteiger partial charge in [-0.1, -0.05) is 29.8 Å². The minimum absolute atomic E-state index is 0.159. The Kier molecular flexibility index (Phi) is 6.31. The summed E-state index contributed by atoms with van der Waals surface area (Å²) in [6.07, 6.45) is 5.15. The predicted molar refractivity (Wildman–Crippen MR) is 132 cm³/mol. The van der Waals surface area contributed by atoms with Crippen LogP contribution in [-0.4, -0.2) is 56.2 Å². The van der Waals surface area contributed by atoms with Crippen LogP contribution in [0.5, 0.6) is 0 Å². The second-order valence-electron chi connectivity index (χ2n) is 8.32. The summed E-state index contributed by atoms with van der Waals surface area (Å²) in [6, 6.07) is 17.3. The molecular weight excluding hydrogens is 452 g/mol. The zero-order valence-corrected chi connectivity index (χ0v) is 19.4. The fourth-order valence-corrected chi connectivity index (χ4v) is 4.45. The molecule has 0 spiro atoms. The van der Waals surface area contributed by atoms with Crippen LogP contribution >= 0.6 is 11.6 Å². The number of aryl methyl sites for hydroxylation is 1. The molecule has 0 aliphatic carbocycles. The zero-order valence-electron chi connectivity index (χ0n) is 18.7. The van der Waals surface area contributed by atoms with Crippen LogP contribution in [0.25, 0.3) is 11.3 Å². The summed E-state index contributed by atoms with van der Waals surface area (Å²) >= 11 is 5.95. The number of amides is 1. The number of halogens is 1. The Bertz CT molecular complexity index is 1340. The maximum Gasteiger partial charge on any atom is 0.300 e. The van der Waals surface area contributed by atoms with Gasteiger partial charge >= 0.3 is 5.56 Å². The Morgan fingerprint density at radius 2 is 1.62 bits per heavy atom. The quantitative estimate of drug-likeness (QED) is 0.427. The highest BCUT2D eigenvalue weighted by Crippen LogP contribution is 2.17. The lowest BCUT2D eigenvalue weighted by Gasteiger charge is -2.36. The number of anilines is 1. The molecule has 1 amide bonds. The number of carbonyl (C=O) groups excluding carboxylic acids is 1. The average Bonchev–Trinajstić information content (AvgIpc) is 3.29. The van der Waals surface area contributed by atoms with Crippen LogP contribution in [0.15, 0.2) is 71.8 Å². The van der Waals surface area contributed by atoms with Gasteiger partial charge in [0.1, 0.15) is 5.82 Å². The van der Waals surface area contributed by atoms with Crippen LogP contribution in [0.2, 0.25) is 5.02 Å². The van der Waals surface area contributed by atoms with Gasteiger partial charge in [-0.05, 0) is 42.8 Å². The third-order valence-corrected chi connectivity index (χ3v) is 6.44. The Labute approximate surface area is 202 Å². The van der Waals surface area contributed by atoms with E-state index in [9.17, 15) is 9.59 Å². The van der Waals surface area contributed by atoms with Crippen molar-refractivity contribution in [1.82, 2.24) is 24.1 Å². The van der Waals surface area contributed by atoms with Crippen molar-refractivity contribution >= 4 is 28.8 Å². The van der Waals surface area contributed by atoms with Crippen LogP contribution in [0, 0.1) is 0 Å². The molecule has 174 valence electrons. The van der Waals surface area contributed by atoms with Gasteiger partial charge in [-0.3, -0.25) is 18.6 Å². The summed E-state index contributed by atoms with van der Waals surface area (Å²) in [5.41, 5.74) is 1.91. The lowest BCUT2D eigenvalue weighted by molar-refractivity contribution is -0.131. The van der Waals surface area contributed by atoms with Gasteiger partial charge in [-0.2, -0.15) is 0 Å². The van der Waals surface area contributed by atoms with E-state index in [0.717, 1.165) is 26.2 Å². The fourth-order valence-electron chi connectivity index (χ4n) is 4.32. The van der Waals surface area contributed by atoms with E-state index in [1.807, 2.05) is 23.1 Å². The predicted octanol–water partition coefficient (Wildman–Crippen LogP) is 3.21. The molecule has 1 aliphatic rings. The molecule has 1 fully saturated rings. The third-order valence-electron chi connectivity index (χ3n) is 6.19. The Morgan fingerprint density at radius 1 is 0.882 bits per heavy atom. The van der Waals surface area contributed by atoms with E-state index in [1.54, 1.807) is 41.1 Å². The molecule has 1 saturated heterocycles. The molecule has 0 radical (unpaired) electrons. The number of aromatic nitrogens is 4. The van der Waals surface area contributed by atoms with E-state index in [4.69, 9.17) is 11.6 Å². The van der Waals surface area contributed by atoms with Gasteiger partial charge in [0.15, 0.2) is 0 Å². The molecule has 34 heavy (non-hydrogen) atoms. The molecule has 2 aromatic heterocycles. The monoisotopic (exact) mass is 476 g/mol. The fraction of sp³-hybridized carbons (Fsp3) is 0.280. The summed E-state index contributed by atoms with van der Waals surface area (Å²) in [5.74, 6) is 0.837. The number of para-hydroxylation sites is 1. The first-order chi connectivity index (χ1) is 16.6. The van der Waals surface area contributed by atoms with Gasteiger partial charge < -0.3 is 9.80 Å². The SMILES string of the molecule is O=C(CCCc1nnc2c(=O)n(-c3ccc(Cl)cc3)ccn12)N1CCN(c2ccccc2)CC1. The van der Waals surface area contributed by atoms with Crippen molar-refractivity contribution in [2.24, 2.45) is 0 Å².